The molecule has 0 fully saturated rings. The minimum absolute atomic E-state index is 0.0394. The number of amides is 2. The molecule has 0 aliphatic heterocycles. The van der Waals surface area contributed by atoms with Crippen molar-refractivity contribution in [3.05, 3.63) is 64.2 Å². The van der Waals surface area contributed by atoms with E-state index in [1.54, 1.807) is 36.0 Å². The second-order valence-electron chi connectivity index (χ2n) is 6.16. The van der Waals surface area contributed by atoms with Crippen LogP contribution < -0.4 is 10.6 Å². The summed E-state index contributed by atoms with van der Waals surface area (Å²) < 4.78 is 0. The lowest BCUT2D eigenvalue weighted by Crippen LogP contribution is -2.35. The lowest BCUT2D eigenvalue weighted by atomic mass is 10.1. The SMILES string of the molecule is O=C(CSc1ccc2c(c1)CCC2)NCCNC(=O)c1ccccc1Cl. The first-order valence-electron chi connectivity index (χ1n) is 8.67. The maximum atomic E-state index is 12.0. The number of halogens is 1. The number of nitrogens with one attached hydrogen (secondary N) is 2. The fourth-order valence-electron chi connectivity index (χ4n) is 2.96. The van der Waals surface area contributed by atoms with Crippen LogP contribution in [0.1, 0.15) is 27.9 Å². The van der Waals surface area contributed by atoms with E-state index in [-0.39, 0.29) is 11.8 Å². The van der Waals surface area contributed by atoms with Gasteiger partial charge in [0.15, 0.2) is 0 Å². The highest BCUT2D eigenvalue weighted by molar-refractivity contribution is 8.00. The largest absolute Gasteiger partial charge is 0.354 e. The van der Waals surface area contributed by atoms with E-state index >= 15 is 0 Å². The van der Waals surface area contributed by atoms with Crippen LogP contribution in [0.5, 0.6) is 0 Å². The van der Waals surface area contributed by atoms with Gasteiger partial charge in [0.05, 0.1) is 16.3 Å². The Bertz CT molecular complexity index is 810. The van der Waals surface area contributed by atoms with Crippen molar-refractivity contribution in [1.82, 2.24) is 10.6 Å². The van der Waals surface area contributed by atoms with E-state index in [2.05, 4.69) is 28.8 Å². The van der Waals surface area contributed by atoms with Crippen LogP contribution in [0, 0.1) is 0 Å². The van der Waals surface area contributed by atoms with E-state index in [1.807, 2.05) is 0 Å². The zero-order chi connectivity index (χ0) is 18.4. The number of carbonyl (C=O) groups excluding carboxylic acids is 2. The van der Waals surface area contributed by atoms with Gasteiger partial charge in [0.1, 0.15) is 0 Å². The number of fused-ring (bicyclic) bond motifs is 1. The summed E-state index contributed by atoms with van der Waals surface area (Å²) in [6.45, 7) is 0.749. The first kappa shape index (κ1) is 18.8. The lowest BCUT2D eigenvalue weighted by Gasteiger charge is -2.08. The predicted molar refractivity (Wildman–Crippen MR) is 106 cm³/mol. The normalized spacial score (nSPS) is 12.5. The van der Waals surface area contributed by atoms with Crippen LogP contribution >= 0.6 is 23.4 Å². The Morgan fingerprint density at radius 3 is 2.62 bits per heavy atom. The molecule has 0 aromatic heterocycles. The van der Waals surface area contributed by atoms with Gasteiger partial charge in [0.2, 0.25) is 5.91 Å². The third-order valence-electron chi connectivity index (χ3n) is 4.29. The number of aryl methyl sites for hydroxylation is 2. The van der Waals surface area contributed by atoms with Gasteiger partial charge < -0.3 is 10.6 Å². The van der Waals surface area contributed by atoms with E-state index in [4.69, 9.17) is 11.6 Å². The van der Waals surface area contributed by atoms with Crippen LogP contribution in [0.2, 0.25) is 5.02 Å². The van der Waals surface area contributed by atoms with Crippen LogP contribution in [0.4, 0.5) is 0 Å². The molecule has 2 aromatic rings. The van der Waals surface area contributed by atoms with Crippen molar-refractivity contribution in [2.24, 2.45) is 0 Å². The van der Waals surface area contributed by atoms with E-state index in [0.29, 0.717) is 29.4 Å². The van der Waals surface area contributed by atoms with Crippen molar-refractivity contribution in [3.8, 4) is 0 Å². The number of hydrogen-bond acceptors (Lipinski definition) is 3. The van der Waals surface area contributed by atoms with Crippen molar-refractivity contribution < 1.29 is 9.59 Å². The van der Waals surface area contributed by atoms with Gasteiger partial charge in [-0.1, -0.05) is 29.8 Å². The maximum Gasteiger partial charge on any atom is 0.252 e. The average Bonchev–Trinajstić information content (AvgIpc) is 3.11. The smallest absolute Gasteiger partial charge is 0.252 e. The summed E-state index contributed by atoms with van der Waals surface area (Å²) in [5, 5.41) is 5.99. The topological polar surface area (TPSA) is 58.2 Å². The van der Waals surface area contributed by atoms with E-state index in [1.165, 1.54) is 24.0 Å². The van der Waals surface area contributed by atoms with E-state index < -0.39 is 0 Å². The molecule has 2 N–H and O–H groups in total. The zero-order valence-electron chi connectivity index (χ0n) is 14.4. The summed E-state index contributed by atoms with van der Waals surface area (Å²) in [4.78, 5) is 25.1. The molecule has 3 rings (SSSR count). The Kier molecular flexibility index (Phi) is 6.58. The molecule has 26 heavy (non-hydrogen) atoms. The van der Waals surface area contributed by atoms with Gasteiger partial charge in [-0.15, -0.1) is 11.8 Å². The molecule has 2 aromatic carbocycles. The van der Waals surface area contributed by atoms with Gasteiger partial charge >= 0.3 is 0 Å². The fourth-order valence-corrected chi connectivity index (χ4v) is 3.97. The molecule has 136 valence electrons. The van der Waals surface area contributed by atoms with Crippen LogP contribution in [-0.4, -0.2) is 30.7 Å². The summed E-state index contributed by atoms with van der Waals surface area (Å²) in [5.41, 5.74) is 3.29. The molecule has 4 nitrogen and oxygen atoms in total. The van der Waals surface area contributed by atoms with Crippen molar-refractivity contribution in [2.45, 2.75) is 24.2 Å². The first-order chi connectivity index (χ1) is 12.6. The standard InChI is InChI=1S/C20H21ClN2O2S/c21-18-7-2-1-6-17(18)20(25)23-11-10-22-19(24)13-26-16-9-8-14-4-3-5-15(14)12-16/h1-2,6-9,12H,3-5,10-11,13H2,(H,22,24)(H,23,25). The zero-order valence-corrected chi connectivity index (χ0v) is 16.0. The highest BCUT2D eigenvalue weighted by Crippen LogP contribution is 2.27. The second kappa shape index (κ2) is 9.10. The fraction of sp³-hybridized carbons (Fsp3) is 0.300. The Hall–Kier alpha value is -1.98. The third kappa shape index (κ3) is 5.02. The maximum absolute atomic E-state index is 12.0. The Morgan fingerprint density at radius 1 is 1.00 bits per heavy atom. The second-order valence-corrected chi connectivity index (χ2v) is 7.61. The van der Waals surface area contributed by atoms with Gasteiger partial charge in [-0.05, 0) is 54.7 Å². The quantitative estimate of drug-likeness (QED) is 0.564. The molecule has 1 aliphatic carbocycles. The van der Waals surface area contributed by atoms with Crippen LogP contribution in [0.25, 0.3) is 0 Å². The van der Waals surface area contributed by atoms with Crippen molar-refractivity contribution in [1.29, 1.82) is 0 Å². The minimum Gasteiger partial charge on any atom is -0.354 e. The lowest BCUT2D eigenvalue weighted by molar-refractivity contribution is -0.118. The van der Waals surface area contributed by atoms with Crippen LogP contribution in [0.15, 0.2) is 47.4 Å². The van der Waals surface area contributed by atoms with Crippen molar-refractivity contribution in [3.63, 3.8) is 0 Å². The highest BCUT2D eigenvalue weighted by atomic mass is 35.5. The summed E-state index contributed by atoms with van der Waals surface area (Å²) in [7, 11) is 0. The molecule has 0 unspecified atom stereocenters. The molecule has 2 amide bonds. The Morgan fingerprint density at radius 2 is 1.77 bits per heavy atom. The monoisotopic (exact) mass is 388 g/mol. The number of hydrogen-bond donors (Lipinski definition) is 2. The minimum atomic E-state index is -0.239. The number of benzene rings is 2. The number of thioether (sulfide) groups is 1. The van der Waals surface area contributed by atoms with Gasteiger partial charge in [0.25, 0.3) is 5.91 Å². The molecule has 1 aliphatic rings. The third-order valence-corrected chi connectivity index (χ3v) is 5.61. The number of carbonyl (C=O) groups is 2. The Balaban J connectivity index is 1.35. The van der Waals surface area contributed by atoms with Crippen LogP contribution in [-0.2, 0) is 17.6 Å². The summed E-state index contributed by atoms with van der Waals surface area (Å²) >= 11 is 7.52. The molecule has 0 heterocycles. The summed E-state index contributed by atoms with van der Waals surface area (Å²) in [5.74, 6) is 0.0944. The van der Waals surface area contributed by atoms with Gasteiger partial charge in [-0.2, -0.15) is 0 Å². The molecule has 0 bridgehead atoms. The van der Waals surface area contributed by atoms with Gasteiger partial charge in [-0.25, -0.2) is 0 Å². The Labute approximate surface area is 162 Å². The van der Waals surface area contributed by atoms with E-state index in [9.17, 15) is 9.59 Å². The van der Waals surface area contributed by atoms with Crippen molar-refractivity contribution >= 4 is 35.2 Å². The predicted octanol–water partition coefficient (Wildman–Crippen LogP) is 3.47. The van der Waals surface area contributed by atoms with Crippen molar-refractivity contribution in [2.75, 3.05) is 18.8 Å². The molecule has 0 radical (unpaired) electrons. The molecule has 0 spiro atoms. The summed E-state index contributed by atoms with van der Waals surface area (Å²) in [6.07, 6.45) is 3.53. The molecule has 0 saturated carbocycles. The number of rotatable bonds is 7. The molecule has 6 heteroatoms. The first-order valence-corrected chi connectivity index (χ1v) is 10.0. The molecule has 0 atom stereocenters. The highest BCUT2D eigenvalue weighted by Gasteiger charge is 2.12. The van der Waals surface area contributed by atoms with Crippen LogP contribution in [0.3, 0.4) is 0 Å². The van der Waals surface area contributed by atoms with E-state index in [0.717, 1.165) is 11.3 Å². The summed E-state index contributed by atoms with van der Waals surface area (Å²) in [6, 6.07) is 13.3. The molecular weight excluding hydrogens is 368 g/mol. The molecular formula is C20H21ClN2O2S. The molecule has 0 saturated heterocycles. The van der Waals surface area contributed by atoms with Gasteiger partial charge in [0, 0.05) is 18.0 Å². The van der Waals surface area contributed by atoms with Gasteiger partial charge in [-0.3, -0.25) is 9.59 Å². The average molecular weight is 389 g/mol.